The monoisotopic (exact) mass is 581 g/mol. The number of benzene rings is 1. The van der Waals surface area contributed by atoms with Crippen LogP contribution >= 0.6 is 15.9 Å². The van der Waals surface area contributed by atoms with Gasteiger partial charge in [-0.15, -0.1) is 0 Å². The average Bonchev–Trinajstić information content (AvgIpc) is 3.26. The van der Waals surface area contributed by atoms with Crippen molar-refractivity contribution in [2.24, 2.45) is 11.4 Å². The fourth-order valence-electron chi connectivity index (χ4n) is 4.06. The van der Waals surface area contributed by atoms with E-state index in [9.17, 15) is 13.8 Å². The normalized spacial score (nSPS) is 16.2. The number of allylic oxidation sites excluding steroid dienone is 3. The van der Waals surface area contributed by atoms with E-state index < -0.39 is 15.6 Å². The Hall–Kier alpha value is -3.37. The summed E-state index contributed by atoms with van der Waals surface area (Å²) < 4.78 is 19.6. The van der Waals surface area contributed by atoms with Gasteiger partial charge in [0.1, 0.15) is 5.69 Å². The van der Waals surface area contributed by atoms with Crippen molar-refractivity contribution in [1.29, 1.82) is 0 Å². The van der Waals surface area contributed by atoms with E-state index in [1.807, 2.05) is 49.4 Å². The largest absolute Gasteiger partial charge is 0.321 e. The molecule has 2 amide bonds. The van der Waals surface area contributed by atoms with E-state index in [1.165, 1.54) is 10.9 Å². The SMILES string of the molecule is Cc1cc(C(=O)Nc2cccc(-c3cncc(C(=O)N=[S@](=O)(CCCBr)C4C=CC=CC4)c3)c2)n(C)n1. The lowest BCUT2D eigenvalue weighted by molar-refractivity contribution is 0.0999. The van der Waals surface area contributed by atoms with Crippen molar-refractivity contribution < 1.29 is 13.8 Å². The van der Waals surface area contributed by atoms with E-state index in [-0.39, 0.29) is 16.7 Å². The highest BCUT2D eigenvalue weighted by Gasteiger charge is 2.23. The van der Waals surface area contributed by atoms with Gasteiger partial charge in [0, 0.05) is 41.8 Å². The molecule has 1 N–H and O–H groups in total. The van der Waals surface area contributed by atoms with Crippen LogP contribution in [0.2, 0.25) is 0 Å². The van der Waals surface area contributed by atoms with Crippen molar-refractivity contribution in [2.75, 3.05) is 16.4 Å². The Kier molecular flexibility index (Phi) is 8.50. The van der Waals surface area contributed by atoms with Gasteiger partial charge in [-0.3, -0.25) is 19.3 Å². The Morgan fingerprint density at radius 2 is 2.03 bits per heavy atom. The second kappa shape index (κ2) is 11.8. The molecule has 3 aromatic rings. The van der Waals surface area contributed by atoms with Crippen molar-refractivity contribution in [1.82, 2.24) is 14.8 Å². The minimum absolute atomic E-state index is 0.263. The van der Waals surface area contributed by atoms with Crippen LogP contribution in [0.1, 0.15) is 39.4 Å². The van der Waals surface area contributed by atoms with E-state index in [0.717, 1.165) is 11.3 Å². The number of hydrogen-bond donors (Lipinski definition) is 1. The zero-order chi connectivity index (χ0) is 26.4. The van der Waals surface area contributed by atoms with Crippen LogP contribution in [0.3, 0.4) is 0 Å². The number of nitrogens with one attached hydrogen (secondary N) is 1. The topological polar surface area (TPSA) is 106 Å². The molecule has 0 fully saturated rings. The van der Waals surface area contributed by atoms with Gasteiger partial charge < -0.3 is 5.32 Å². The summed E-state index contributed by atoms with van der Waals surface area (Å²) in [6, 6.07) is 10.7. The Labute approximate surface area is 225 Å². The summed E-state index contributed by atoms with van der Waals surface area (Å²) in [7, 11) is -1.08. The first kappa shape index (κ1) is 26.7. The molecule has 0 saturated heterocycles. The van der Waals surface area contributed by atoms with E-state index >= 15 is 0 Å². The van der Waals surface area contributed by atoms with Gasteiger partial charge in [-0.2, -0.15) is 9.46 Å². The summed E-state index contributed by atoms with van der Waals surface area (Å²) >= 11 is 3.39. The molecule has 1 aliphatic rings. The molecule has 37 heavy (non-hydrogen) atoms. The van der Waals surface area contributed by atoms with Crippen LogP contribution in [0.15, 0.2) is 77.5 Å². The zero-order valence-corrected chi connectivity index (χ0v) is 23.0. The molecule has 2 aromatic heterocycles. The van der Waals surface area contributed by atoms with Crippen molar-refractivity contribution >= 4 is 43.2 Å². The van der Waals surface area contributed by atoms with Gasteiger partial charge in [0.25, 0.3) is 11.8 Å². The molecule has 0 radical (unpaired) electrons. The van der Waals surface area contributed by atoms with Gasteiger partial charge in [-0.1, -0.05) is 52.4 Å². The predicted octanol–water partition coefficient (Wildman–Crippen LogP) is 5.32. The maximum absolute atomic E-state index is 13.8. The zero-order valence-electron chi connectivity index (χ0n) is 20.6. The molecule has 2 atom stereocenters. The highest BCUT2D eigenvalue weighted by atomic mass is 79.9. The Bertz CT molecular complexity index is 1500. The van der Waals surface area contributed by atoms with Gasteiger partial charge in [0.15, 0.2) is 0 Å². The van der Waals surface area contributed by atoms with Crippen LogP contribution in [-0.4, -0.2) is 47.1 Å². The molecular weight excluding hydrogens is 554 g/mol. The molecule has 1 unspecified atom stereocenters. The van der Waals surface area contributed by atoms with Crippen LogP contribution in [0.4, 0.5) is 5.69 Å². The molecule has 2 heterocycles. The molecule has 0 spiro atoms. The molecule has 0 aliphatic heterocycles. The summed E-state index contributed by atoms with van der Waals surface area (Å²) in [5.41, 5.74) is 3.51. The Morgan fingerprint density at radius 3 is 2.73 bits per heavy atom. The first-order valence-corrected chi connectivity index (χ1v) is 14.7. The quantitative estimate of drug-likeness (QED) is 0.362. The standard InChI is InChI=1S/C27H28BrN5O3S/c1-19-14-25(33(2)31-19)27(35)30-23-9-6-8-20(16-23)21-15-22(18-29-17-21)26(34)32-37(36,13-7-12-28)24-10-4-3-5-11-24/h3-6,8-10,14-18,24H,7,11-13H2,1-2H3,(H,30,35)/t24?,37-/m0/s1. The van der Waals surface area contributed by atoms with Gasteiger partial charge in [-0.05, 0) is 49.6 Å². The third-order valence-electron chi connectivity index (χ3n) is 5.90. The van der Waals surface area contributed by atoms with E-state index in [0.29, 0.717) is 40.9 Å². The predicted molar refractivity (Wildman–Crippen MR) is 150 cm³/mol. The number of amides is 2. The first-order valence-electron chi connectivity index (χ1n) is 11.8. The molecule has 0 saturated carbocycles. The minimum atomic E-state index is -2.80. The lowest BCUT2D eigenvalue weighted by atomic mass is 10.1. The fraction of sp³-hybridized carbons (Fsp3) is 0.259. The number of anilines is 1. The molecule has 1 aromatic carbocycles. The number of carbonyl (C=O) groups excluding carboxylic acids is 2. The van der Waals surface area contributed by atoms with Gasteiger partial charge in [0.05, 0.1) is 26.2 Å². The summed E-state index contributed by atoms with van der Waals surface area (Å²) in [4.78, 5) is 30.1. The minimum Gasteiger partial charge on any atom is -0.321 e. The van der Waals surface area contributed by atoms with Crippen molar-refractivity contribution in [2.45, 2.75) is 25.0 Å². The highest BCUT2D eigenvalue weighted by Crippen LogP contribution is 2.25. The van der Waals surface area contributed by atoms with Crippen LogP contribution < -0.4 is 5.32 Å². The van der Waals surface area contributed by atoms with E-state index in [1.54, 1.807) is 31.4 Å². The van der Waals surface area contributed by atoms with Crippen molar-refractivity contribution in [3.8, 4) is 11.1 Å². The van der Waals surface area contributed by atoms with Gasteiger partial charge in [0.2, 0.25) is 0 Å². The Morgan fingerprint density at radius 1 is 1.19 bits per heavy atom. The van der Waals surface area contributed by atoms with Crippen LogP contribution in [0.5, 0.6) is 0 Å². The number of halogens is 1. The highest BCUT2D eigenvalue weighted by molar-refractivity contribution is 9.09. The number of hydrogen-bond acceptors (Lipinski definition) is 5. The molecule has 1 aliphatic carbocycles. The van der Waals surface area contributed by atoms with Crippen LogP contribution in [0.25, 0.3) is 11.1 Å². The molecular formula is C27H28BrN5O3S. The lowest BCUT2D eigenvalue weighted by Gasteiger charge is -2.18. The number of carbonyl (C=O) groups is 2. The number of nitrogens with zero attached hydrogens (tertiary/aromatic N) is 4. The number of rotatable bonds is 8. The molecule has 8 nitrogen and oxygen atoms in total. The van der Waals surface area contributed by atoms with E-state index in [2.05, 4.69) is 35.7 Å². The smallest absolute Gasteiger partial charge is 0.286 e. The van der Waals surface area contributed by atoms with Crippen LogP contribution in [0, 0.1) is 6.92 Å². The van der Waals surface area contributed by atoms with Gasteiger partial charge >= 0.3 is 0 Å². The average molecular weight is 583 g/mol. The second-order valence-corrected chi connectivity index (χ2v) is 12.1. The Balaban J connectivity index is 1.59. The van der Waals surface area contributed by atoms with Gasteiger partial charge in [-0.25, -0.2) is 4.21 Å². The third-order valence-corrected chi connectivity index (χ3v) is 9.10. The number of aromatic nitrogens is 3. The number of aryl methyl sites for hydroxylation is 2. The third kappa shape index (κ3) is 6.50. The van der Waals surface area contributed by atoms with Crippen molar-refractivity contribution in [3.63, 3.8) is 0 Å². The number of alkyl halides is 1. The lowest BCUT2D eigenvalue weighted by Crippen LogP contribution is -2.24. The second-order valence-electron chi connectivity index (χ2n) is 8.71. The molecule has 4 rings (SSSR count). The maximum atomic E-state index is 13.8. The molecule has 10 heteroatoms. The molecule has 0 bridgehead atoms. The summed E-state index contributed by atoms with van der Waals surface area (Å²) in [6.45, 7) is 1.83. The number of pyridine rings is 1. The summed E-state index contributed by atoms with van der Waals surface area (Å²) in [5, 5.41) is 7.48. The maximum Gasteiger partial charge on any atom is 0.286 e. The van der Waals surface area contributed by atoms with Crippen molar-refractivity contribution in [3.05, 3.63) is 90.0 Å². The summed E-state index contributed by atoms with van der Waals surface area (Å²) in [5.74, 6) is -0.489. The van der Waals surface area contributed by atoms with E-state index in [4.69, 9.17) is 0 Å². The fourth-order valence-corrected chi connectivity index (χ4v) is 6.93. The molecule has 192 valence electrons. The first-order chi connectivity index (χ1) is 17.8. The van der Waals surface area contributed by atoms with Crippen LogP contribution in [-0.2, 0) is 16.8 Å². The summed E-state index contributed by atoms with van der Waals surface area (Å²) in [6.07, 6.45) is 11.9.